The molecule has 2 aliphatic rings. The quantitative estimate of drug-likeness (QED) is 0.794. The van der Waals surface area contributed by atoms with Crippen molar-refractivity contribution in [2.24, 2.45) is 5.92 Å². The summed E-state index contributed by atoms with van der Waals surface area (Å²) in [7, 11) is 0. The number of aromatic nitrogens is 1. The summed E-state index contributed by atoms with van der Waals surface area (Å²) in [5.74, 6) is 2.36. The van der Waals surface area contributed by atoms with Crippen LogP contribution < -0.4 is 10.1 Å². The molecular formula is C20H22N2O2S. The van der Waals surface area contributed by atoms with Crippen molar-refractivity contribution < 1.29 is 9.53 Å². The number of rotatable bonds is 6. The van der Waals surface area contributed by atoms with Gasteiger partial charge in [0.05, 0.1) is 23.5 Å². The fourth-order valence-electron chi connectivity index (χ4n) is 3.12. The van der Waals surface area contributed by atoms with Crippen LogP contribution in [0, 0.1) is 5.92 Å². The summed E-state index contributed by atoms with van der Waals surface area (Å²) in [5.41, 5.74) is 3.47. The number of pyridine rings is 1. The third-order valence-electron chi connectivity index (χ3n) is 4.87. The van der Waals surface area contributed by atoms with Gasteiger partial charge in [0, 0.05) is 18.1 Å². The van der Waals surface area contributed by atoms with Gasteiger partial charge in [0.2, 0.25) is 5.91 Å². The first-order chi connectivity index (χ1) is 12.3. The van der Waals surface area contributed by atoms with Crippen molar-refractivity contribution in [1.82, 2.24) is 4.98 Å². The maximum absolute atomic E-state index is 11.9. The number of amides is 1. The van der Waals surface area contributed by atoms with Gasteiger partial charge < -0.3 is 10.1 Å². The van der Waals surface area contributed by atoms with E-state index < -0.39 is 0 Å². The lowest BCUT2D eigenvalue weighted by Crippen LogP contribution is -2.28. The maximum atomic E-state index is 11.9. The van der Waals surface area contributed by atoms with Crippen molar-refractivity contribution in [2.45, 2.75) is 37.1 Å². The second-order valence-electron chi connectivity index (χ2n) is 6.64. The topological polar surface area (TPSA) is 51.2 Å². The Kier molecular flexibility index (Phi) is 4.92. The standard InChI is InChI=1S/C20H22N2O2S/c23-20(15-2-1-3-15)22-17-5-7-19(21-13-17)25-11-9-14-4-6-18-16(12-14)8-10-24-18/h4-7,12-13,15H,1-3,8-11H2,(H,22,23). The molecule has 1 aliphatic carbocycles. The number of fused-ring (bicyclic) bond motifs is 1. The molecule has 4 rings (SSSR count). The molecule has 2 aromatic rings. The van der Waals surface area contributed by atoms with E-state index in [0.717, 1.165) is 54.5 Å². The molecule has 1 amide bonds. The lowest BCUT2D eigenvalue weighted by atomic mass is 9.85. The Balaban J connectivity index is 1.26. The molecule has 0 bridgehead atoms. The highest BCUT2D eigenvalue weighted by Gasteiger charge is 2.25. The second kappa shape index (κ2) is 7.48. The normalized spacial score (nSPS) is 16.0. The van der Waals surface area contributed by atoms with Crippen LogP contribution in [-0.4, -0.2) is 23.3 Å². The summed E-state index contributed by atoms with van der Waals surface area (Å²) in [5, 5.41) is 3.95. The fraction of sp³-hybridized carbons (Fsp3) is 0.400. The third-order valence-corrected chi connectivity index (χ3v) is 5.82. The maximum Gasteiger partial charge on any atom is 0.227 e. The van der Waals surface area contributed by atoms with E-state index in [9.17, 15) is 4.79 Å². The van der Waals surface area contributed by atoms with E-state index in [1.165, 1.54) is 17.5 Å². The molecule has 1 saturated carbocycles. The molecule has 2 heterocycles. The first-order valence-electron chi connectivity index (χ1n) is 8.92. The zero-order valence-corrected chi connectivity index (χ0v) is 15.0. The molecule has 5 heteroatoms. The number of ether oxygens (including phenoxy) is 1. The van der Waals surface area contributed by atoms with Crippen LogP contribution in [0.3, 0.4) is 0 Å². The van der Waals surface area contributed by atoms with Crippen molar-refractivity contribution in [2.75, 3.05) is 17.7 Å². The molecule has 0 radical (unpaired) electrons. The van der Waals surface area contributed by atoms with Crippen molar-refractivity contribution in [1.29, 1.82) is 0 Å². The van der Waals surface area contributed by atoms with Crippen LogP contribution in [0.5, 0.6) is 5.75 Å². The summed E-state index contributed by atoms with van der Waals surface area (Å²) in [6.07, 6.45) is 6.99. The monoisotopic (exact) mass is 354 g/mol. The van der Waals surface area contributed by atoms with Crippen LogP contribution in [0.2, 0.25) is 0 Å². The minimum atomic E-state index is 0.133. The van der Waals surface area contributed by atoms with E-state index in [0.29, 0.717) is 0 Å². The van der Waals surface area contributed by atoms with Crippen molar-refractivity contribution in [3.8, 4) is 5.75 Å². The van der Waals surface area contributed by atoms with E-state index in [1.807, 2.05) is 12.1 Å². The lowest BCUT2D eigenvalue weighted by molar-refractivity contribution is -0.122. The van der Waals surface area contributed by atoms with Gasteiger partial charge in [-0.25, -0.2) is 4.98 Å². The summed E-state index contributed by atoms with van der Waals surface area (Å²) < 4.78 is 5.55. The van der Waals surface area contributed by atoms with Crippen LogP contribution in [0.1, 0.15) is 30.4 Å². The molecule has 130 valence electrons. The molecule has 1 aromatic heterocycles. The van der Waals surface area contributed by atoms with Gasteiger partial charge in [-0.1, -0.05) is 18.6 Å². The third kappa shape index (κ3) is 3.98. The van der Waals surface area contributed by atoms with E-state index in [4.69, 9.17) is 4.74 Å². The molecule has 0 atom stereocenters. The zero-order valence-electron chi connectivity index (χ0n) is 14.2. The van der Waals surface area contributed by atoms with Crippen molar-refractivity contribution >= 4 is 23.4 Å². The average Bonchev–Trinajstić information content (AvgIpc) is 3.02. The Morgan fingerprint density at radius 3 is 2.96 bits per heavy atom. The molecule has 1 aliphatic heterocycles. The minimum absolute atomic E-state index is 0.133. The molecule has 0 spiro atoms. The molecule has 0 saturated heterocycles. The highest BCUT2D eigenvalue weighted by atomic mass is 32.2. The number of hydrogen-bond acceptors (Lipinski definition) is 4. The lowest BCUT2D eigenvalue weighted by Gasteiger charge is -2.23. The van der Waals surface area contributed by atoms with Crippen LogP contribution in [0.25, 0.3) is 0 Å². The van der Waals surface area contributed by atoms with Gasteiger partial charge >= 0.3 is 0 Å². The highest BCUT2D eigenvalue weighted by Crippen LogP contribution is 2.28. The Morgan fingerprint density at radius 2 is 2.20 bits per heavy atom. The van der Waals surface area contributed by atoms with E-state index >= 15 is 0 Å². The summed E-state index contributed by atoms with van der Waals surface area (Å²) in [6.45, 7) is 0.807. The minimum Gasteiger partial charge on any atom is -0.493 e. The summed E-state index contributed by atoms with van der Waals surface area (Å²) in [6, 6.07) is 10.4. The number of aryl methyl sites for hydroxylation is 1. The Hall–Kier alpha value is -2.01. The molecule has 1 fully saturated rings. The van der Waals surface area contributed by atoms with Gasteiger partial charge in [-0.3, -0.25) is 4.79 Å². The van der Waals surface area contributed by atoms with E-state index in [2.05, 4.69) is 28.5 Å². The molecule has 25 heavy (non-hydrogen) atoms. The number of anilines is 1. The van der Waals surface area contributed by atoms with E-state index in [1.54, 1.807) is 18.0 Å². The first-order valence-corrected chi connectivity index (χ1v) is 9.91. The number of hydrogen-bond donors (Lipinski definition) is 1. The number of benzene rings is 1. The van der Waals surface area contributed by atoms with Crippen LogP contribution in [0.4, 0.5) is 5.69 Å². The Labute approximate surface area is 152 Å². The van der Waals surface area contributed by atoms with Gasteiger partial charge in [-0.15, -0.1) is 11.8 Å². The second-order valence-corrected chi connectivity index (χ2v) is 7.76. The summed E-state index contributed by atoms with van der Waals surface area (Å²) >= 11 is 1.74. The largest absolute Gasteiger partial charge is 0.493 e. The van der Waals surface area contributed by atoms with Gasteiger partial charge in [0.15, 0.2) is 0 Å². The Morgan fingerprint density at radius 1 is 1.28 bits per heavy atom. The average molecular weight is 354 g/mol. The molecule has 1 N–H and O–H groups in total. The SMILES string of the molecule is O=C(Nc1ccc(SCCc2ccc3c(c2)CCO3)nc1)C1CCC1. The van der Waals surface area contributed by atoms with Crippen molar-refractivity contribution in [3.63, 3.8) is 0 Å². The predicted molar refractivity (Wildman–Crippen MR) is 100 cm³/mol. The zero-order chi connectivity index (χ0) is 17.1. The molecule has 0 unspecified atom stereocenters. The Bertz CT molecular complexity index is 757. The predicted octanol–water partition coefficient (Wildman–Crippen LogP) is 4.09. The van der Waals surface area contributed by atoms with Gasteiger partial charge in [-0.05, 0) is 48.6 Å². The van der Waals surface area contributed by atoms with E-state index in [-0.39, 0.29) is 11.8 Å². The number of carbonyl (C=O) groups is 1. The molecular weight excluding hydrogens is 332 g/mol. The molecule has 1 aromatic carbocycles. The number of nitrogens with zero attached hydrogens (tertiary/aromatic N) is 1. The fourth-order valence-corrected chi connectivity index (χ4v) is 3.96. The highest BCUT2D eigenvalue weighted by molar-refractivity contribution is 7.99. The van der Waals surface area contributed by atoms with Crippen molar-refractivity contribution in [3.05, 3.63) is 47.7 Å². The van der Waals surface area contributed by atoms with Crippen LogP contribution >= 0.6 is 11.8 Å². The molecule has 4 nitrogen and oxygen atoms in total. The number of nitrogens with one attached hydrogen (secondary N) is 1. The first kappa shape index (κ1) is 16.5. The number of thioether (sulfide) groups is 1. The van der Waals surface area contributed by atoms with Gasteiger partial charge in [0.1, 0.15) is 5.75 Å². The summed E-state index contributed by atoms with van der Waals surface area (Å²) in [4.78, 5) is 16.4. The van der Waals surface area contributed by atoms with Gasteiger partial charge in [-0.2, -0.15) is 0 Å². The van der Waals surface area contributed by atoms with Gasteiger partial charge in [0.25, 0.3) is 0 Å². The smallest absolute Gasteiger partial charge is 0.227 e. The van der Waals surface area contributed by atoms with Crippen LogP contribution in [0.15, 0.2) is 41.6 Å². The van der Waals surface area contributed by atoms with Crippen LogP contribution in [-0.2, 0) is 17.6 Å². The number of carbonyl (C=O) groups excluding carboxylic acids is 1.